The second-order valence-electron chi connectivity index (χ2n) is 4.72. The van der Waals surface area contributed by atoms with Crippen LogP contribution in [0.4, 0.5) is 0 Å². The second kappa shape index (κ2) is 5.73. The first-order chi connectivity index (χ1) is 9.49. The van der Waals surface area contributed by atoms with Crippen molar-refractivity contribution in [2.24, 2.45) is 0 Å². The molecule has 106 valence electrons. The maximum atomic E-state index is 11.0. The molecule has 0 amide bonds. The van der Waals surface area contributed by atoms with Gasteiger partial charge in [0.15, 0.2) is 12.4 Å². The number of carboxylic acid groups (broad SMARTS) is 1. The first-order valence-corrected chi connectivity index (χ1v) is 6.27. The van der Waals surface area contributed by atoms with Crippen LogP contribution in [0.5, 0.6) is 5.75 Å². The van der Waals surface area contributed by atoms with Crippen LogP contribution in [0.25, 0.3) is 0 Å². The van der Waals surface area contributed by atoms with Crippen LogP contribution in [0.3, 0.4) is 0 Å². The molecule has 0 atom stereocenters. The minimum absolute atomic E-state index is 0.115. The summed E-state index contributed by atoms with van der Waals surface area (Å²) < 4.78 is 10.6. The zero-order chi connectivity index (χ0) is 14.7. The Morgan fingerprint density at radius 3 is 2.80 bits per heavy atom. The van der Waals surface area contributed by atoms with Crippen molar-refractivity contribution in [1.82, 2.24) is 10.1 Å². The largest absolute Gasteiger partial charge is 0.483 e. The Morgan fingerprint density at radius 1 is 1.45 bits per heavy atom. The van der Waals surface area contributed by atoms with E-state index in [4.69, 9.17) is 14.4 Å². The molecule has 0 aliphatic heterocycles. The van der Waals surface area contributed by atoms with Crippen LogP contribution in [0.2, 0.25) is 0 Å². The van der Waals surface area contributed by atoms with Gasteiger partial charge in [0.2, 0.25) is 0 Å². The van der Waals surface area contributed by atoms with Crippen LogP contribution in [0.15, 0.2) is 22.7 Å². The summed E-state index contributed by atoms with van der Waals surface area (Å²) in [6, 6.07) is 4.88. The lowest BCUT2D eigenvalue weighted by Crippen LogP contribution is -2.03. The Hall–Kier alpha value is -2.37. The highest BCUT2D eigenvalue weighted by molar-refractivity contribution is 5.90. The Balaban J connectivity index is 2.10. The van der Waals surface area contributed by atoms with Gasteiger partial charge in [-0.15, -0.1) is 0 Å². The van der Waals surface area contributed by atoms with E-state index in [1.54, 1.807) is 19.1 Å². The van der Waals surface area contributed by atoms with E-state index in [1.165, 1.54) is 6.07 Å². The van der Waals surface area contributed by atoms with Gasteiger partial charge in [-0.2, -0.15) is 4.98 Å². The average Bonchev–Trinajstić information content (AvgIpc) is 2.86. The Labute approximate surface area is 116 Å². The van der Waals surface area contributed by atoms with Crippen LogP contribution in [0, 0.1) is 6.92 Å². The highest BCUT2D eigenvalue weighted by atomic mass is 16.5. The molecule has 0 aliphatic rings. The fourth-order valence-electron chi connectivity index (χ4n) is 1.70. The lowest BCUT2D eigenvalue weighted by molar-refractivity contribution is 0.0695. The summed E-state index contributed by atoms with van der Waals surface area (Å²) in [5, 5.41) is 12.9. The lowest BCUT2D eigenvalue weighted by Gasteiger charge is -2.08. The quantitative estimate of drug-likeness (QED) is 0.903. The van der Waals surface area contributed by atoms with Gasteiger partial charge in [0, 0.05) is 11.5 Å². The van der Waals surface area contributed by atoms with E-state index in [-0.39, 0.29) is 18.1 Å². The summed E-state index contributed by atoms with van der Waals surface area (Å²) in [4.78, 5) is 15.2. The van der Waals surface area contributed by atoms with E-state index in [2.05, 4.69) is 10.1 Å². The molecule has 0 radical (unpaired) electrons. The van der Waals surface area contributed by atoms with Gasteiger partial charge in [0.1, 0.15) is 5.75 Å². The summed E-state index contributed by atoms with van der Waals surface area (Å²) >= 11 is 0. The van der Waals surface area contributed by atoms with Gasteiger partial charge < -0.3 is 14.4 Å². The van der Waals surface area contributed by atoms with E-state index in [1.807, 2.05) is 13.8 Å². The van der Waals surface area contributed by atoms with Crippen molar-refractivity contribution in [3.8, 4) is 5.75 Å². The standard InChI is InChI=1S/C14H16N2O4/c1-8(2)13-15-12(20-16-13)7-19-11-6-4-5-10(9(11)3)14(17)18/h4-6,8H,7H2,1-3H3,(H,17,18). The highest BCUT2D eigenvalue weighted by Gasteiger charge is 2.13. The number of carboxylic acids is 1. The Bertz CT molecular complexity index is 619. The molecule has 1 N–H and O–H groups in total. The number of ether oxygens (including phenoxy) is 1. The number of hydrogen-bond donors (Lipinski definition) is 1. The third-order valence-corrected chi connectivity index (χ3v) is 2.87. The molecular weight excluding hydrogens is 260 g/mol. The van der Waals surface area contributed by atoms with Crippen LogP contribution >= 0.6 is 0 Å². The molecule has 0 spiro atoms. The van der Waals surface area contributed by atoms with Crippen LogP contribution in [0.1, 0.15) is 47.4 Å². The van der Waals surface area contributed by atoms with Crippen molar-refractivity contribution < 1.29 is 19.2 Å². The Morgan fingerprint density at radius 2 is 2.20 bits per heavy atom. The zero-order valence-corrected chi connectivity index (χ0v) is 11.6. The number of carbonyl (C=O) groups is 1. The van der Waals surface area contributed by atoms with E-state index >= 15 is 0 Å². The van der Waals surface area contributed by atoms with Gasteiger partial charge in [-0.05, 0) is 19.1 Å². The lowest BCUT2D eigenvalue weighted by atomic mass is 10.1. The first-order valence-electron chi connectivity index (χ1n) is 6.27. The van der Waals surface area contributed by atoms with Gasteiger partial charge in [-0.3, -0.25) is 0 Å². The molecule has 6 heteroatoms. The van der Waals surface area contributed by atoms with Gasteiger partial charge >= 0.3 is 5.97 Å². The van der Waals surface area contributed by atoms with Crippen molar-refractivity contribution >= 4 is 5.97 Å². The van der Waals surface area contributed by atoms with E-state index < -0.39 is 5.97 Å². The predicted molar refractivity (Wildman–Crippen MR) is 70.9 cm³/mol. The average molecular weight is 276 g/mol. The van der Waals surface area contributed by atoms with Crippen molar-refractivity contribution in [3.05, 3.63) is 41.0 Å². The normalized spacial score (nSPS) is 10.8. The molecule has 0 bridgehead atoms. The molecule has 1 aromatic carbocycles. The second-order valence-corrected chi connectivity index (χ2v) is 4.72. The van der Waals surface area contributed by atoms with E-state index in [0.29, 0.717) is 23.0 Å². The minimum atomic E-state index is -0.979. The molecule has 0 saturated carbocycles. The summed E-state index contributed by atoms with van der Waals surface area (Å²) in [6.45, 7) is 5.75. The molecule has 0 unspecified atom stereocenters. The first kappa shape index (κ1) is 14.0. The van der Waals surface area contributed by atoms with Crippen molar-refractivity contribution in [1.29, 1.82) is 0 Å². The van der Waals surface area contributed by atoms with Crippen molar-refractivity contribution in [3.63, 3.8) is 0 Å². The molecular formula is C14H16N2O4. The van der Waals surface area contributed by atoms with Crippen LogP contribution in [-0.4, -0.2) is 21.2 Å². The van der Waals surface area contributed by atoms with Gasteiger partial charge in [0.05, 0.1) is 5.56 Å². The summed E-state index contributed by atoms with van der Waals surface area (Å²) in [6.07, 6.45) is 0. The fourth-order valence-corrected chi connectivity index (χ4v) is 1.70. The monoisotopic (exact) mass is 276 g/mol. The molecule has 0 aliphatic carbocycles. The molecule has 2 rings (SSSR count). The molecule has 2 aromatic rings. The molecule has 1 heterocycles. The zero-order valence-electron chi connectivity index (χ0n) is 11.6. The molecule has 20 heavy (non-hydrogen) atoms. The fraction of sp³-hybridized carbons (Fsp3) is 0.357. The summed E-state index contributed by atoms with van der Waals surface area (Å²) in [5.74, 6) is 0.694. The highest BCUT2D eigenvalue weighted by Crippen LogP contribution is 2.22. The third-order valence-electron chi connectivity index (χ3n) is 2.87. The summed E-state index contributed by atoms with van der Waals surface area (Å²) in [5.41, 5.74) is 0.791. The van der Waals surface area contributed by atoms with Gasteiger partial charge in [0.25, 0.3) is 5.89 Å². The minimum Gasteiger partial charge on any atom is -0.483 e. The van der Waals surface area contributed by atoms with Crippen LogP contribution in [-0.2, 0) is 6.61 Å². The molecule has 6 nitrogen and oxygen atoms in total. The molecule has 0 saturated heterocycles. The number of hydrogen-bond acceptors (Lipinski definition) is 5. The van der Waals surface area contributed by atoms with Crippen LogP contribution < -0.4 is 4.74 Å². The third kappa shape index (κ3) is 2.96. The summed E-state index contributed by atoms with van der Waals surface area (Å²) in [7, 11) is 0. The topological polar surface area (TPSA) is 85.5 Å². The van der Waals surface area contributed by atoms with Crippen molar-refractivity contribution in [2.75, 3.05) is 0 Å². The molecule has 1 aromatic heterocycles. The number of rotatable bonds is 5. The van der Waals surface area contributed by atoms with Gasteiger partial charge in [-0.1, -0.05) is 25.1 Å². The smallest absolute Gasteiger partial charge is 0.336 e. The number of aromatic carboxylic acids is 1. The SMILES string of the molecule is Cc1c(OCc2nc(C(C)C)no2)cccc1C(=O)O. The predicted octanol–water partition coefficient (Wildman–Crippen LogP) is 2.78. The van der Waals surface area contributed by atoms with Gasteiger partial charge in [-0.25, -0.2) is 4.79 Å². The number of benzene rings is 1. The van der Waals surface area contributed by atoms with Crippen molar-refractivity contribution in [2.45, 2.75) is 33.3 Å². The van der Waals surface area contributed by atoms with E-state index in [0.717, 1.165) is 0 Å². The maximum Gasteiger partial charge on any atom is 0.336 e. The Kier molecular flexibility index (Phi) is 4.02. The molecule has 0 fully saturated rings. The number of aromatic nitrogens is 2. The number of nitrogens with zero attached hydrogens (tertiary/aromatic N) is 2. The van der Waals surface area contributed by atoms with E-state index in [9.17, 15) is 4.79 Å². The maximum absolute atomic E-state index is 11.0.